The Balaban J connectivity index is 1.89. The van der Waals surface area contributed by atoms with Gasteiger partial charge in [0.2, 0.25) is 5.91 Å². The van der Waals surface area contributed by atoms with Crippen molar-refractivity contribution in [3.8, 4) is 0 Å². The first-order chi connectivity index (χ1) is 13.9. The maximum atomic E-state index is 13.8. The van der Waals surface area contributed by atoms with Crippen molar-refractivity contribution in [2.24, 2.45) is 5.92 Å². The van der Waals surface area contributed by atoms with Crippen LogP contribution in [-0.2, 0) is 11.3 Å². The number of carbonyl (C=O) groups excluding carboxylic acids is 1. The Morgan fingerprint density at radius 1 is 1.14 bits per heavy atom. The molecule has 1 aromatic heterocycles. The SMILES string of the molecule is CC(C)CCn1c(SC(C)C(=O)Nc2ccccc2F)nc2ccccc2c1=O. The molecule has 1 amide bonds. The van der Waals surface area contributed by atoms with Crippen molar-refractivity contribution in [2.45, 2.75) is 44.1 Å². The van der Waals surface area contributed by atoms with E-state index in [-0.39, 0.29) is 17.2 Å². The molecule has 0 saturated heterocycles. The zero-order valence-corrected chi connectivity index (χ0v) is 17.5. The van der Waals surface area contributed by atoms with Crippen LogP contribution >= 0.6 is 11.8 Å². The zero-order valence-electron chi connectivity index (χ0n) is 16.7. The van der Waals surface area contributed by atoms with Crippen molar-refractivity contribution in [1.82, 2.24) is 9.55 Å². The number of thioether (sulfide) groups is 1. The van der Waals surface area contributed by atoms with Crippen molar-refractivity contribution < 1.29 is 9.18 Å². The van der Waals surface area contributed by atoms with Gasteiger partial charge < -0.3 is 5.32 Å². The summed E-state index contributed by atoms with van der Waals surface area (Å²) in [6.07, 6.45) is 0.823. The summed E-state index contributed by atoms with van der Waals surface area (Å²) in [6.45, 7) is 6.43. The molecule has 0 bridgehead atoms. The van der Waals surface area contributed by atoms with Gasteiger partial charge in [0.15, 0.2) is 5.16 Å². The first-order valence-corrected chi connectivity index (χ1v) is 10.5. The maximum absolute atomic E-state index is 13.8. The van der Waals surface area contributed by atoms with E-state index in [4.69, 9.17) is 0 Å². The normalized spacial score (nSPS) is 12.3. The van der Waals surface area contributed by atoms with Gasteiger partial charge >= 0.3 is 0 Å². The van der Waals surface area contributed by atoms with Gasteiger partial charge in [-0.05, 0) is 43.5 Å². The monoisotopic (exact) mass is 413 g/mol. The minimum atomic E-state index is -0.562. The van der Waals surface area contributed by atoms with Crippen LogP contribution in [0.5, 0.6) is 0 Å². The van der Waals surface area contributed by atoms with Gasteiger partial charge in [0, 0.05) is 6.54 Å². The highest BCUT2D eigenvalue weighted by molar-refractivity contribution is 8.00. The molecule has 1 unspecified atom stereocenters. The average molecular weight is 414 g/mol. The Labute approximate surface area is 173 Å². The highest BCUT2D eigenvalue weighted by Gasteiger charge is 2.20. The molecule has 0 aliphatic heterocycles. The summed E-state index contributed by atoms with van der Waals surface area (Å²) in [5.74, 6) is -0.415. The van der Waals surface area contributed by atoms with Crippen LogP contribution < -0.4 is 10.9 Å². The third-order valence-electron chi connectivity index (χ3n) is 4.54. The van der Waals surface area contributed by atoms with Crippen LogP contribution in [0.1, 0.15) is 27.2 Å². The largest absolute Gasteiger partial charge is 0.323 e. The van der Waals surface area contributed by atoms with E-state index in [1.54, 1.807) is 35.8 Å². The molecule has 2 aromatic carbocycles. The van der Waals surface area contributed by atoms with Crippen LogP contribution in [0.4, 0.5) is 10.1 Å². The lowest BCUT2D eigenvalue weighted by molar-refractivity contribution is -0.115. The standard InChI is InChI=1S/C22H24FN3O2S/c1-14(2)12-13-26-21(28)16-8-4-6-10-18(16)25-22(26)29-15(3)20(27)24-19-11-7-5-9-17(19)23/h4-11,14-15H,12-13H2,1-3H3,(H,24,27). The Bertz CT molecular complexity index is 1080. The second-order valence-corrected chi connectivity index (χ2v) is 8.59. The van der Waals surface area contributed by atoms with Gasteiger partial charge in [0.1, 0.15) is 5.82 Å². The zero-order chi connectivity index (χ0) is 21.0. The number of halogens is 1. The van der Waals surface area contributed by atoms with E-state index in [2.05, 4.69) is 24.1 Å². The predicted molar refractivity (Wildman–Crippen MR) is 116 cm³/mol. The summed E-state index contributed by atoms with van der Waals surface area (Å²) in [6, 6.07) is 13.2. The number of para-hydroxylation sites is 2. The molecule has 0 spiro atoms. The van der Waals surface area contributed by atoms with Gasteiger partial charge in [-0.3, -0.25) is 14.2 Å². The summed E-state index contributed by atoms with van der Waals surface area (Å²) in [7, 11) is 0. The molecular weight excluding hydrogens is 389 g/mol. The number of nitrogens with one attached hydrogen (secondary N) is 1. The van der Waals surface area contributed by atoms with Crippen LogP contribution in [0, 0.1) is 11.7 Å². The van der Waals surface area contributed by atoms with Crippen LogP contribution in [0.25, 0.3) is 10.9 Å². The third-order valence-corrected chi connectivity index (χ3v) is 5.63. The molecule has 0 aliphatic rings. The first-order valence-electron chi connectivity index (χ1n) is 9.58. The summed E-state index contributed by atoms with van der Waals surface area (Å²) in [5.41, 5.74) is 0.622. The lowest BCUT2D eigenvalue weighted by Gasteiger charge is -2.17. The Morgan fingerprint density at radius 2 is 1.83 bits per heavy atom. The van der Waals surface area contributed by atoms with Crippen LogP contribution in [0.15, 0.2) is 58.5 Å². The molecular formula is C22H24FN3O2S. The number of aromatic nitrogens is 2. The molecule has 3 aromatic rings. The number of hydrogen-bond donors (Lipinski definition) is 1. The fourth-order valence-corrected chi connectivity index (χ4v) is 3.77. The van der Waals surface area contributed by atoms with Gasteiger partial charge in [-0.2, -0.15) is 0 Å². The van der Waals surface area contributed by atoms with Crippen molar-refractivity contribution in [3.05, 3.63) is 64.7 Å². The van der Waals surface area contributed by atoms with Crippen molar-refractivity contribution in [1.29, 1.82) is 0 Å². The lowest BCUT2D eigenvalue weighted by atomic mass is 10.1. The molecule has 1 atom stereocenters. The molecule has 5 nitrogen and oxygen atoms in total. The summed E-state index contributed by atoms with van der Waals surface area (Å²) >= 11 is 1.20. The third kappa shape index (κ3) is 5.03. The number of carbonyl (C=O) groups is 1. The number of nitrogens with zero attached hydrogens (tertiary/aromatic N) is 2. The smallest absolute Gasteiger partial charge is 0.262 e. The summed E-state index contributed by atoms with van der Waals surface area (Å²) in [4.78, 5) is 30.2. The first kappa shape index (κ1) is 21.0. The minimum absolute atomic E-state index is 0.111. The Kier molecular flexibility index (Phi) is 6.69. The van der Waals surface area contributed by atoms with E-state index in [0.717, 1.165) is 6.42 Å². The molecule has 0 radical (unpaired) electrons. The van der Waals surface area contributed by atoms with Crippen LogP contribution in [0.3, 0.4) is 0 Å². The predicted octanol–water partition coefficient (Wildman–Crippen LogP) is 4.70. The molecule has 1 N–H and O–H groups in total. The van der Waals surface area contributed by atoms with Gasteiger partial charge in [-0.25, -0.2) is 9.37 Å². The average Bonchev–Trinajstić information content (AvgIpc) is 2.69. The molecule has 152 valence electrons. The van der Waals surface area contributed by atoms with E-state index in [9.17, 15) is 14.0 Å². The topological polar surface area (TPSA) is 64.0 Å². The number of amides is 1. The molecule has 0 fully saturated rings. The van der Waals surface area contributed by atoms with Gasteiger partial charge in [-0.1, -0.05) is 49.9 Å². The molecule has 1 heterocycles. The second-order valence-electron chi connectivity index (χ2n) is 7.28. The molecule has 7 heteroatoms. The van der Waals surface area contributed by atoms with Crippen LogP contribution in [-0.4, -0.2) is 20.7 Å². The summed E-state index contributed by atoms with van der Waals surface area (Å²) < 4.78 is 15.5. The Hall–Kier alpha value is -2.67. The van der Waals surface area contributed by atoms with Crippen LogP contribution in [0.2, 0.25) is 0 Å². The maximum Gasteiger partial charge on any atom is 0.262 e. The number of rotatable bonds is 7. The lowest BCUT2D eigenvalue weighted by Crippen LogP contribution is -2.27. The highest BCUT2D eigenvalue weighted by Crippen LogP contribution is 2.24. The quantitative estimate of drug-likeness (QED) is 0.450. The fraction of sp³-hybridized carbons (Fsp3) is 0.318. The summed E-state index contributed by atoms with van der Waals surface area (Å²) in [5, 5.41) is 3.09. The van der Waals surface area contributed by atoms with E-state index in [0.29, 0.717) is 28.5 Å². The van der Waals surface area contributed by atoms with Gasteiger partial charge in [0.05, 0.1) is 21.8 Å². The van der Waals surface area contributed by atoms with E-state index < -0.39 is 11.1 Å². The van der Waals surface area contributed by atoms with Crippen molar-refractivity contribution in [3.63, 3.8) is 0 Å². The number of anilines is 1. The second kappa shape index (κ2) is 9.22. The Morgan fingerprint density at radius 3 is 2.55 bits per heavy atom. The van der Waals surface area contributed by atoms with Crippen molar-refractivity contribution >= 4 is 34.3 Å². The number of hydrogen-bond acceptors (Lipinski definition) is 4. The van der Waals surface area contributed by atoms with E-state index >= 15 is 0 Å². The number of fused-ring (bicyclic) bond motifs is 1. The molecule has 0 aliphatic carbocycles. The van der Waals surface area contributed by atoms with Gasteiger partial charge in [-0.15, -0.1) is 0 Å². The minimum Gasteiger partial charge on any atom is -0.323 e. The molecule has 3 rings (SSSR count). The number of benzene rings is 2. The fourth-order valence-electron chi connectivity index (χ4n) is 2.83. The highest BCUT2D eigenvalue weighted by atomic mass is 32.2. The van der Waals surface area contributed by atoms with E-state index in [1.807, 2.05) is 12.1 Å². The van der Waals surface area contributed by atoms with E-state index in [1.165, 1.54) is 23.9 Å². The molecule has 29 heavy (non-hydrogen) atoms. The molecule has 0 saturated carbocycles. The van der Waals surface area contributed by atoms with Crippen molar-refractivity contribution in [2.75, 3.05) is 5.32 Å². The van der Waals surface area contributed by atoms with Gasteiger partial charge in [0.25, 0.3) is 5.56 Å².